The highest BCUT2D eigenvalue weighted by Gasteiger charge is 2.25. The van der Waals surface area contributed by atoms with Crippen molar-refractivity contribution in [3.05, 3.63) is 29.3 Å². The molecule has 1 aromatic carbocycles. The Balaban J connectivity index is 1.78. The second kappa shape index (κ2) is 5.28. The Bertz CT molecular complexity index is 374. The smallest absolute Gasteiger partial charge is 0.120 e. The van der Waals surface area contributed by atoms with Gasteiger partial charge in [-0.1, -0.05) is 31.5 Å². The molecule has 0 amide bonds. The van der Waals surface area contributed by atoms with Crippen LogP contribution in [0, 0.1) is 5.41 Å². The van der Waals surface area contributed by atoms with Crippen LogP contribution in [0.1, 0.15) is 26.7 Å². The van der Waals surface area contributed by atoms with Crippen LogP contribution in [0.2, 0.25) is 5.02 Å². The molecule has 0 radical (unpaired) electrons. The average Bonchev–Trinajstić information content (AvgIpc) is 3.08. The Morgan fingerprint density at radius 1 is 1.41 bits per heavy atom. The Kier molecular flexibility index (Phi) is 3.95. The molecule has 0 atom stereocenters. The molecule has 3 heteroatoms. The number of rotatable bonds is 6. The molecule has 1 aromatic rings. The van der Waals surface area contributed by atoms with Gasteiger partial charge in [0.05, 0.1) is 6.61 Å². The molecule has 94 valence electrons. The van der Waals surface area contributed by atoms with Crippen molar-refractivity contribution < 1.29 is 4.74 Å². The summed E-state index contributed by atoms with van der Waals surface area (Å²) in [5, 5.41) is 4.26. The fraction of sp³-hybridized carbons (Fsp3) is 0.571. The van der Waals surface area contributed by atoms with E-state index in [4.69, 9.17) is 16.3 Å². The molecule has 0 aromatic heterocycles. The molecule has 0 heterocycles. The minimum atomic E-state index is 0.144. The van der Waals surface area contributed by atoms with Crippen molar-refractivity contribution >= 4 is 11.6 Å². The maximum Gasteiger partial charge on any atom is 0.120 e. The van der Waals surface area contributed by atoms with E-state index in [0.717, 1.165) is 23.4 Å². The van der Waals surface area contributed by atoms with Gasteiger partial charge in [0.15, 0.2) is 0 Å². The molecule has 17 heavy (non-hydrogen) atoms. The van der Waals surface area contributed by atoms with Crippen LogP contribution in [0.5, 0.6) is 5.75 Å². The van der Waals surface area contributed by atoms with E-state index < -0.39 is 0 Å². The Labute approximate surface area is 108 Å². The summed E-state index contributed by atoms with van der Waals surface area (Å²) in [5.41, 5.74) is 0.144. The normalized spacial score (nSPS) is 15.9. The number of nitrogens with one attached hydrogen (secondary N) is 1. The van der Waals surface area contributed by atoms with Crippen LogP contribution in [0.25, 0.3) is 0 Å². The molecule has 0 unspecified atom stereocenters. The SMILES string of the molecule is CC(C)(CNC1CC1)COc1cccc(Cl)c1. The van der Waals surface area contributed by atoms with Gasteiger partial charge in [-0.05, 0) is 31.0 Å². The third kappa shape index (κ3) is 4.57. The topological polar surface area (TPSA) is 21.3 Å². The van der Waals surface area contributed by atoms with Crippen molar-refractivity contribution in [2.75, 3.05) is 13.2 Å². The number of ether oxygens (including phenoxy) is 1. The molecule has 1 fully saturated rings. The third-order valence-electron chi connectivity index (χ3n) is 2.87. The molecule has 1 saturated carbocycles. The van der Waals surface area contributed by atoms with Crippen molar-refractivity contribution in [1.82, 2.24) is 5.32 Å². The van der Waals surface area contributed by atoms with E-state index in [0.29, 0.717) is 6.61 Å². The Hall–Kier alpha value is -0.730. The van der Waals surface area contributed by atoms with Gasteiger partial charge in [-0.2, -0.15) is 0 Å². The zero-order chi connectivity index (χ0) is 12.3. The zero-order valence-corrected chi connectivity index (χ0v) is 11.3. The second-order valence-corrected chi connectivity index (χ2v) is 6.00. The number of hydrogen-bond acceptors (Lipinski definition) is 2. The Morgan fingerprint density at radius 3 is 2.82 bits per heavy atom. The minimum absolute atomic E-state index is 0.144. The average molecular weight is 254 g/mol. The maximum absolute atomic E-state index is 5.91. The first-order valence-electron chi connectivity index (χ1n) is 6.17. The molecule has 1 aliphatic rings. The molecule has 1 N–H and O–H groups in total. The van der Waals surface area contributed by atoms with E-state index in [1.54, 1.807) is 0 Å². The quantitative estimate of drug-likeness (QED) is 0.838. The summed E-state index contributed by atoms with van der Waals surface area (Å²) in [7, 11) is 0. The molecule has 0 saturated heterocycles. The standard InChI is InChI=1S/C14H20ClNO/c1-14(2,9-16-12-6-7-12)10-17-13-5-3-4-11(15)8-13/h3-5,8,12,16H,6-7,9-10H2,1-2H3. The van der Waals surface area contributed by atoms with E-state index in [9.17, 15) is 0 Å². The van der Waals surface area contributed by atoms with Gasteiger partial charge >= 0.3 is 0 Å². The highest BCUT2D eigenvalue weighted by Crippen LogP contribution is 2.23. The first-order chi connectivity index (χ1) is 8.05. The van der Waals surface area contributed by atoms with E-state index in [2.05, 4.69) is 19.2 Å². The Morgan fingerprint density at radius 2 is 2.18 bits per heavy atom. The van der Waals surface area contributed by atoms with Crippen molar-refractivity contribution in [3.8, 4) is 5.75 Å². The predicted molar refractivity (Wildman–Crippen MR) is 71.8 cm³/mol. The number of halogens is 1. The molecule has 2 rings (SSSR count). The second-order valence-electron chi connectivity index (χ2n) is 5.57. The molecule has 0 aliphatic heterocycles. The van der Waals surface area contributed by atoms with Crippen LogP contribution < -0.4 is 10.1 Å². The van der Waals surface area contributed by atoms with Gasteiger partial charge in [0.1, 0.15) is 5.75 Å². The van der Waals surface area contributed by atoms with Gasteiger partial charge in [0.2, 0.25) is 0 Å². The lowest BCUT2D eigenvalue weighted by molar-refractivity contribution is 0.176. The van der Waals surface area contributed by atoms with Crippen LogP contribution in [0.4, 0.5) is 0 Å². The van der Waals surface area contributed by atoms with Gasteiger partial charge in [-0.3, -0.25) is 0 Å². The highest BCUT2D eigenvalue weighted by atomic mass is 35.5. The minimum Gasteiger partial charge on any atom is -0.493 e. The van der Waals surface area contributed by atoms with Crippen molar-refractivity contribution in [2.45, 2.75) is 32.7 Å². The lowest BCUT2D eigenvalue weighted by Crippen LogP contribution is -2.35. The maximum atomic E-state index is 5.91. The summed E-state index contributed by atoms with van der Waals surface area (Å²) in [4.78, 5) is 0. The molecule has 2 nitrogen and oxygen atoms in total. The van der Waals surface area contributed by atoms with Gasteiger partial charge in [-0.15, -0.1) is 0 Å². The van der Waals surface area contributed by atoms with Crippen LogP contribution in [-0.2, 0) is 0 Å². The summed E-state index contributed by atoms with van der Waals surface area (Å²) in [5.74, 6) is 0.844. The molecular weight excluding hydrogens is 234 g/mol. The number of benzene rings is 1. The lowest BCUT2D eigenvalue weighted by atomic mass is 9.95. The van der Waals surface area contributed by atoms with Crippen molar-refractivity contribution in [3.63, 3.8) is 0 Å². The van der Waals surface area contributed by atoms with Crippen LogP contribution in [-0.4, -0.2) is 19.2 Å². The zero-order valence-electron chi connectivity index (χ0n) is 10.5. The summed E-state index contributed by atoms with van der Waals surface area (Å²) in [6.07, 6.45) is 2.65. The monoisotopic (exact) mass is 253 g/mol. The summed E-state index contributed by atoms with van der Waals surface area (Å²) >= 11 is 5.91. The lowest BCUT2D eigenvalue weighted by Gasteiger charge is -2.25. The fourth-order valence-electron chi connectivity index (χ4n) is 1.59. The van der Waals surface area contributed by atoms with E-state index in [1.165, 1.54) is 12.8 Å². The summed E-state index contributed by atoms with van der Waals surface area (Å²) in [6.45, 7) is 6.13. The summed E-state index contributed by atoms with van der Waals surface area (Å²) < 4.78 is 5.78. The summed E-state index contributed by atoms with van der Waals surface area (Å²) in [6, 6.07) is 8.31. The third-order valence-corrected chi connectivity index (χ3v) is 3.11. The van der Waals surface area contributed by atoms with E-state index in [-0.39, 0.29) is 5.41 Å². The van der Waals surface area contributed by atoms with E-state index >= 15 is 0 Å². The molecular formula is C14H20ClNO. The number of hydrogen-bond donors (Lipinski definition) is 1. The first-order valence-corrected chi connectivity index (χ1v) is 6.55. The largest absolute Gasteiger partial charge is 0.493 e. The van der Waals surface area contributed by atoms with Crippen LogP contribution >= 0.6 is 11.6 Å². The molecule has 0 bridgehead atoms. The van der Waals surface area contributed by atoms with Crippen molar-refractivity contribution in [1.29, 1.82) is 0 Å². The van der Waals surface area contributed by atoms with Gasteiger partial charge in [0.25, 0.3) is 0 Å². The van der Waals surface area contributed by atoms with Gasteiger partial charge < -0.3 is 10.1 Å². The predicted octanol–water partition coefficient (Wildman–Crippen LogP) is 3.50. The highest BCUT2D eigenvalue weighted by molar-refractivity contribution is 6.30. The van der Waals surface area contributed by atoms with Gasteiger partial charge in [-0.25, -0.2) is 0 Å². The van der Waals surface area contributed by atoms with Crippen LogP contribution in [0.3, 0.4) is 0 Å². The van der Waals surface area contributed by atoms with E-state index in [1.807, 2.05) is 24.3 Å². The molecule has 1 aliphatic carbocycles. The fourth-order valence-corrected chi connectivity index (χ4v) is 1.77. The van der Waals surface area contributed by atoms with Gasteiger partial charge in [0, 0.05) is 23.0 Å². The van der Waals surface area contributed by atoms with Crippen LogP contribution in [0.15, 0.2) is 24.3 Å². The first kappa shape index (κ1) is 12.7. The molecule has 0 spiro atoms. The van der Waals surface area contributed by atoms with Crippen molar-refractivity contribution in [2.24, 2.45) is 5.41 Å².